The lowest BCUT2D eigenvalue weighted by Crippen LogP contribution is -2.40. The zero-order valence-corrected chi connectivity index (χ0v) is 8.09. The van der Waals surface area contributed by atoms with E-state index in [-0.39, 0.29) is 11.4 Å². The van der Waals surface area contributed by atoms with Crippen molar-refractivity contribution in [2.45, 2.75) is 26.3 Å². The minimum atomic E-state index is -0.221. The van der Waals surface area contributed by atoms with Crippen LogP contribution < -0.4 is 5.32 Å². The van der Waals surface area contributed by atoms with Gasteiger partial charge in [-0.15, -0.1) is 0 Å². The molecule has 0 aromatic carbocycles. The second-order valence-corrected chi connectivity index (χ2v) is 3.87. The van der Waals surface area contributed by atoms with Gasteiger partial charge in [0.25, 0.3) is 5.91 Å². The molecule has 1 N–H and O–H groups in total. The predicted octanol–water partition coefficient (Wildman–Crippen LogP) is 1.41. The lowest BCUT2D eigenvalue weighted by atomic mass is 10.1. The number of nitrogens with zero attached hydrogens (tertiary/aromatic N) is 1. The molecule has 0 fully saturated rings. The van der Waals surface area contributed by atoms with Gasteiger partial charge in [0.1, 0.15) is 6.20 Å². The minimum absolute atomic E-state index is 0.138. The molecular weight excluding hydrogens is 164 g/mol. The first-order valence-corrected chi connectivity index (χ1v) is 4.14. The Morgan fingerprint density at radius 2 is 2.23 bits per heavy atom. The molecule has 1 aromatic rings. The summed E-state index contributed by atoms with van der Waals surface area (Å²) in [5.41, 5.74) is 0.248. The van der Waals surface area contributed by atoms with Gasteiger partial charge in [0.2, 0.25) is 0 Å². The molecule has 1 rings (SSSR count). The number of nitrogens with one attached hydrogen (secondary N) is 1. The van der Waals surface area contributed by atoms with E-state index in [2.05, 4.69) is 16.5 Å². The molecule has 69 valence electrons. The third kappa shape index (κ3) is 3.23. The maximum Gasteiger partial charge on any atom is 0.253 e. The van der Waals surface area contributed by atoms with Gasteiger partial charge >= 0.3 is 0 Å². The molecule has 0 atom stereocenters. The van der Waals surface area contributed by atoms with Crippen molar-refractivity contribution < 1.29 is 4.79 Å². The molecular formula is C10H13N2O. The van der Waals surface area contributed by atoms with Crippen LogP contribution in [0.3, 0.4) is 0 Å². The molecule has 0 saturated heterocycles. The first kappa shape index (κ1) is 9.71. The van der Waals surface area contributed by atoms with Crippen molar-refractivity contribution in [1.82, 2.24) is 10.3 Å². The van der Waals surface area contributed by atoms with E-state index < -0.39 is 0 Å². The molecule has 1 amide bonds. The molecule has 3 nitrogen and oxygen atoms in total. The minimum Gasteiger partial charge on any atom is -0.347 e. The average Bonchev–Trinajstić information content (AvgIpc) is 2.03. The molecule has 1 aromatic heterocycles. The Hall–Kier alpha value is -1.38. The van der Waals surface area contributed by atoms with E-state index in [1.807, 2.05) is 20.8 Å². The van der Waals surface area contributed by atoms with Crippen molar-refractivity contribution in [3.8, 4) is 0 Å². The summed E-state index contributed by atoms with van der Waals surface area (Å²) in [6, 6.07) is 3.40. The topological polar surface area (TPSA) is 42.0 Å². The van der Waals surface area contributed by atoms with Gasteiger partial charge in [0.05, 0.1) is 5.56 Å². The van der Waals surface area contributed by atoms with E-state index in [1.165, 1.54) is 0 Å². The predicted molar refractivity (Wildman–Crippen MR) is 50.3 cm³/mol. The number of pyridine rings is 1. The summed E-state index contributed by atoms with van der Waals surface area (Å²) in [7, 11) is 0. The second kappa shape index (κ2) is 3.56. The maximum absolute atomic E-state index is 11.5. The van der Waals surface area contributed by atoms with Crippen molar-refractivity contribution in [3.05, 3.63) is 30.1 Å². The smallest absolute Gasteiger partial charge is 0.253 e. The fourth-order valence-electron chi connectivity index (χ4n) is 0.861. The van der Waals surface area contributed by atoms with Crippen LogP contribution in [0.15, 0.2) is 18.3 Å². The monoisotopic (exact) mass is 177 g/mol. The van der Waals surface area contributed by atoms with E-state index in [4.69, 9.17) is 0 Å². The standard InChI is InChI=1S/C10H13N2O/c1-10(2,3)12-9(13)8-5-4-6-11-7-8/h4-6H,1-3H3,(H,12,13). The van der Waals surface area contributed by atoms with Crippen molar-refractivity contribution in [2.75, 3.05) is 0 Å². The van der Waals surface area contributed by atoms with Crippen molar-refractivity contribution in [3.63, 3.8) is 0 Å². The van der Waals surface area contributed by atoms with Gasteiger partial charge < -0.3 is 5.32 Å². The first-order valence-electron chi connectivity index (χ1n) is 4.14. The van der Waals surface area contributed by atoms with Crippen molar-refractivity contribution >= 4 is 5.91 Å². The largest absolute Gasteiger partial charge is 0.347 e. The van der Waals surface area contributed by atoms with Crippen LogP contribution in [0.4, 0.5) is 0 Å². The van der Waals surface area contributed by atoms with Crippen molar-refractivity contribution in [2.24, 2.45) is 0 Å². The van der Waals surface area contributed by atoms with Crippen LogP contribution >= 0.6 is 0 Å². The Morgan fingerprint density at radius 1 is 1.54 bits per heavy atom. The Bertz CT molecular complexity index is 288. The first-order chi connectivity index (χ1) is 5.99. The number of hydrogen-bond acceptors (Lipinski definition) is 2. The third-order valence-corrected chi connectivity index (χ3v) is 1.34. The van der Waals surface area contributed by atoms with Crippen LogP contribution in [-0.2, 0) is 0 Å². The fraction of sp³-hybridized carbons (Fsp3) is 0.400. The molecule has 13 heavy (non-hydrogen) atoms. The number of rotatable bonds is 1. The van der Waals surface area contributed by atoms with Crippen LogP contribution in [0.5, 0.6) is 0 Å². The van der Waals surface area contributed by atoms with E-state index >= 15 is 0 Å². The van der Waals surface area contributed by atoms with E-state index in [0.29, 0.717) is 5.56 Å². The second-order valence-electron chi connectivity index (χ2n) is 3.87. The molecule has 3 heteroatoms. The van der Waals surface area contributed by atoms with Crippen molar-refractivity contribution in [1.29, 1.82) is 0 Å². The van der Waals surface area contributed by atoms with Gasteiger partial charge in [-0.25, -0.2) is 0 Å². The highest BCUT2D eigenvalue weighted by atomic mass is 16.1. The molecule has 0 saturated carbocycles. The van der Waals surface area contributed by atoms with Gasteiger partial charge in [0, 0.05) is 11.7 Å². The van der Waals surface area contributed by atoms with Crippen LogP contribution in [0.2, 0.25) is 0 Å². The van der Waals surface area contributed by atoms with E-state index in [1.54, 1.807) is 18.3 Å². The Morgan fingerprint density at radius 3 is 2.69 bits per heavy atom. The summed E-state index contributed by atoms with van der Waals surface area (Å²) in [5, 5.41) is 2.83. The van der Waals surface area contributed by atoms with Gasteiger partial charge in [-0.3, -0.25) is 9.78 Å². The highest BCUT2D eigenvalue weighted by molar-refractivity contribution is 5.93. The summed E-state index contributed by atoms with van der Waals surface area (Å²) < 4.78 is 0. The SMILES string of the molecule is CC(C)(C)NC(=O)c1[c]nccc1. The Balaban J connectivity index is 2.71. The van der Waals surface area contributed by atoms with Gasteiger partial charge in [-0.2, -0.15) is 0 Å². The number of carbonyl (C=O) groups excluding carboxylic acids is 1. The summed E-state index contributed by atoms with van der Waals surface area (Å²) in [6.45, 7) is 5.80. The quantitative estimate of drug-likeness (QED) is 0.704. The highest BCUT2D eigenvalue weighted by Gasteiger charge is 2.14. The van der Waals surface area contributed by atoms with E-state index in [9.17, 15) is 4.79 Å². The normalized spacial score (nSPS) is 11.0. The maximum atomic E-state index is 11.5. The zero-order valence-electron chi connectivity index (χ0n) is 8.09. The molecule has 1 heterocycles. The number of hydrogen-bond donors (Lipinski definition) is 1. The van der Waals surface area contributed by atoms with Gasteiger partial charge in [0.15, 0.2) is 0 Å². The molecule has 0 aliphatic carbocycles. The van der Waals surface area contributed by atoms with Gasteiger partial charge in [-0.1, -0.05) is 0 Å². The summed E-state index contributed by atoms with van der Waals surface area (Å²) in [4.78, 5) is 15.2. The van der Waals surface area contributed by atoms with Crippen LogP contribution in [0.25, 0.3) is 0 Å². The molecule has 0 bridgehead atoms. The summed E-state index contributed by atoms with van der Waals surface area (Å²) in [5.74, 6) is -0.138. The third-order valence-electron chi connectivity index (χ3n) is 1.34. The molecule has 0 spiro atoms. The lowest BCUT2D eigenvalue weighted by Gasteiger charge is -2.20. The van der Waals surface area contributed by atoms with Crippen LogP contribution in [-0.4, -0.2) is 16.4 Å². The number of carbonyl (C=O) groups is 1. The lowest BCUT2D eigenvalue weighted by molar-refractivity contribution is 0.0919. The van der Waals surface area contributed by atoms with Gasteiger partial charge in [-0.05, 0) is 32.9 Å². The molecule has 1 radical (unpaired) electrons. The number of aromatic nitrogens is 1. The fourth-order valence-corrected chi connectivity index (χ4v) is 0.861. The zero-order chi connectivity index (χ0) is 9.90. The molecule has 0 unspecified atom stereocenters. The van der Waals surface area contributed by atoms with E-state index in [0.717, 1.165) is 0 Å². The average molecular weight is 177 g/mol. The van der Waals surface area contributed by atoms with Crippen LogP contribution in [0, 0.1) is 6.20 Å². The Kier molecular flexibility index (Phi) is 2.66. The molecule has 0 aliphatic heterocycles. The van der Waals surface area contributed by atoms with Crippen LogP contribution in [0.1, 0.15) is 31.1 Å². The number of amides is 1. The Labute approximate surface area is 78.2 Å². The summed E-state index contributed by atoms with van der Waals surface area (Å²) in [6.07, 6.45) is 4.22. The molecule has 0 aliphatic rings. The highest BCUT2D eigenvalue weighted by Crippen LogP contribution is 2.02. The summed E-state index contributed by atoms with van der Waals surface area (Å²) >= 11 is 0.